The van der Waals surface area contributed by atoms with Gasteiger partial charge in [-0.15, -0.1) is 0 Å². The number of halogens is 1. The van der Waals surface area contributed by atoms with Gasteiger partial charge in [-0.3, -0.25) is 4.79 Å². The molecule has 3 rings (SSSR count). The monoisotopic (exact) mass is 246 g/mol. The molecule has 1 heterocycles. The van der Waals surface area contributed by atoms with Crippen molar-refractivity contribution >= 4 is 10.8 Å². The third-order valence-electron chi connectivity index (χ3n) is 3.72. The van der Waals surface area contributed by atoms with E-state index in [2.05, 4.69) is 10.3 Å². The van der Waals surface area contributed by atoms with Gasteiger partial charge in [-0.1, -0.05) is 6.07 Å². The van der Waals surface area contributed by atoms with E-state index >= 15 is 0 Å². The highest BCUT2D eigenvalue weighted by Gasteiger charge is 2.22. The van der Waals surface area contributed by atoms with Crippen LogP contribution in [0, 0.1) is 5.82 Å². The summed E-state index contributed by atoms with van der Waals surface area (Å²) in [7, 11) is 1.92. The molecule has 0 aliphatic heterocycles. The van der Waals surface area contributed by atoms with Crippen molar-refractivity contribution in [1.82, 2.24) is 10.3 Å². The third-order valence-corrected chi connectivity index (χ3v) is 3.72. The minimum Gasteiger partial charge on any atom is -0.325 e. The average Bonchev–Trinajstić information content (AvgIpc) is 2.38. The third kappa shape index (κ3) is 1.64. The summed E-state index contributed by atoms with van der Waals surface area (Å²) in [6.45, 7) is 0. The molecule has 2 aromatic rings. The second-order valence-corrected chi connectivity index (χ2v) is 4.77. The van der Waals surface area contributed by atoms with Gasteiger partial charge in [0.05, 0.1) is 5.39 Å². The Bertz CT molecular complexity index is 663. The van der Waals surface area contributed by atoms with Crippen LogP contribution in [0.1, 0.15) is 30.1 Å². The number of nitrogens with one attached hydrogen (secondary N) is 2. The molecule has 1 atom stereocenters. The minimum atomic E-state index is -0.371. The largest absolute Gasteiger partial charge is 0.325 e. The molecule has 18 heavy (non-hydrogen) atoms. The molecule has 94 valence electrons. The van der Waals surface area contributed by atoms with Gasteiger partial charge in [-0.2, -0.15) is 0 Å². The second-order valence-electron chi connectivity index (χ2n) is 4.77. The van der Waals surface area contributed by atoms with Crippen molar-refractivity contribution in [3.05, 3.63) is 45.6 Å². The van der Waals surface area contributed by atoms with E-state index in [1.165, 1.54) is 12.1 Å². The smallest absolute Gasteiger partial charge is 0.256 e. The van der Waals surface area contributed by atoms with Gasteiger partial charge in [0.15, 0.2) is 0 Å². The first-order valence-electron chi connectivity index (χ1n) is 6.22. The van der Waals surface area contributed by atoms with E-state index in [1.54, 1.807) is 6.07 Å². The lowest BCUT2D eigenvalue weighted by Crippen LogP contribution is -2.25. The van der Waals surface area contributed by atoms with Gasteiger partial charge >= 0.3 is 0 Å². The van der Waals surface area contributed by atoms with Gasteiger partial charge in [0, 0.05) is 11.7 Å². The van der Waals surface area contributed by atoms with Crippen molar-refractivity contribution in [2.24, 2.45) is 0 Å². The molecule has 1 aliphatic rings. The molecule has 2 N–H and O–H groups in total. The van der Waals surface area contributed by atoms with Crippen LogP contribution in [-0.4, -0.2) is 12.0 Å². The fraction of sp³-hybridized carbons (Fsp3) is 0.357. The van der Waals surface area contributed by atoms with Crippen LogP contribution in [0.3, 0.4) is 0 Å². The summed E-state index contributed by atoms with van der Waals surface area (Å²) < 4.78 is 13.3. The maximum atomic E-state index is 13.3. The summed E-state index contributed by atoms with van der Waals surface area (Å²) in [5, 5.41) is 4.58. The average molecular weight is 246 g/mol. The van der Waals surface area contributed by atoms with E-state index in [0.717, 1.165) is 35.9 Å². The topological polar surface area (TPSA) is 44.9 Å². The fourth-order valence-electron chi connectivity index (χ4n) is 2.88. The summed E-state index contributed by atoms with van der Waals surface area (Å²) in [6.07, 6.45) is 2.99. The molecular formula is C14H15FN2O. The van der Waals surface area contributed by atoms with E-state index in [1.807, 2.05) is 7.05 Å². The van der Waals surface area contributed by atoms with Crippen LogP contribution >= 0.6 is 0 Å². The highest BCUT2D eigenvalue weighted by molar-refractivity contribution is 5.86. The number of aromatic amines is 1. The van der Waals surface area contributed by atoms with Gasteiger partial charge in [0.1, 0.15) is 5.82 Å². The molecule has 1 aliphatic carbocycles. The zero-order valence-electron chi connectivity index (χ0n) is 10.2. The number of aromatic nitrogens is 1. The fourth-order valence-corrected chi connectivity index (χ4v) is 2.88. The predicted octanol–water partition coefficient (Wildman–Crippen LogP) is 2.26. The Morgan fingerprint density at radius 2 is 2.22 bits per heavy atom. The van der Waals surface area contributed by atoms with Crippen LogP contribution in [0.5, 0.6) is 0 Å². The molecule has 1 aromatic heterocycles. The van der Waals surface area contributed by atoms with Crippen LogP contribution < -0.4 is 10.9 Å². The highest BCUT2D eigenvalue weighted by atomic mass is 19.1. The van der Waals surface area contributed by atoms with Crippen LogP contribution in [0.2, 0.25) is 0 Å². The zero-order valence-corrected chi connectivity index (χ0v) is 10.2. The number of benzene rings is 1. The van der Waals surface area contributed by atoms with Gasteiger partial charge < -0.3 is 10.3 Å². The molecule has 4 heteroatoms. The number of pyridine rings is 1. The van der Waals surface area contributed by atoms with E-state index in [0.29, 0.717) is 5.39 Å². The van der Waals surface area contributed by atoms with Crippen LogP contribution in [0.25, 0.3) is 10.8 Å². The first kappa shape index (κ1) is 11.4. The molecule has 0 spiro atoms. The van der Waals surface area contributed by atoms with Crippen molar-refractivity contribution < 1.29 is 4.39 Å². The standard InChI is InChI=1S/C14H15FN2O/c1-16-11-3-2-4-12-13(11)9-6-5-8(15)7-10(9)14(18)17-12/h5-7,11,16H,2-4H2,1H3,(H,17,18). The van der Waals surface area contributed by atoms with E-state index in [4.69, 9.17) is 0 Å². The first-order valence-corrected chi connectivity index (χ1v) is 6.22. The minimum absolute atomic E-state index is 0.194. The van der Waals surface area contributed by atoms with Crippen LogP contribution in [-0.2, 0) is 6.42 Å². The Hall–Kier alpha value is -1.68. The number of fused-ring (bicyclic) bond motifs is 3. The zero-order chi connectivity index (χ0) is 12.7. The maximum absolute atomic E-state index is 13.3. The number of hydrogen-bond donors (Lipinski definition) is 2. The Labute approximate surface area is 104 Å². The van der Waals surface area contributed by atoms with Crippen molar-refractivity contribution in [3.63, 3.8) is 0 Å². The van der Waals surface area contributed by atoms with Crippen molar-refractivity contribution in [1.29, 1.82) is 0 Å². The summed E-state index contributed by atoms with van der Waals surface area (Å²) in [6, 6.07) is 4.69. The second kappa shape index (κ2) is 4.21. The Morgan fingerprint density at radius 1 is 1.39 bits per heavy atom. The number of hydrogen-bond acceptors (Lipinski definition) is 2. The molecule has 0 radical (unpaired) electrons. The molecule has 0 amide bonds. The highest BCUT2D eigenvalue weighted by Crippen LogP contribution is 2.32. The van der Waals surface area contributed by atoms with E-state index in [9.17, 15) is 9.18 Å². The molecule has 0 saturated carbocycles. The molecule has 1 aromatic carbocycles. The summed E-state index contributed by atoms with van der Waals surface area (Å²) in [5.41, 5.74) is 1.92. The Kier molecular flexibility index (Phi) is 2.67. The van der Waals surface area contributed by atoms with Crippen LogP contribution in [0.15, 0.2) is 23.0 Å². The van der Waals surface area contributed by atoms with Crippen molar-refractivity contribution in [2.45, 2.75) is 25.3 Å². The number of H-pyrrole nitrogens is 1. The molecule has 0 saturated heterocycles. The normalized spacial score (nSPS) is 18.9. The van der Waals surface area contributed by atoms with E-state index in [-0.39, 0.29) is 17.4 Å². The molecule has 0 fully saturated rings. The summed E-state index contributed by atoms with van der Waals surface area (Å²) in [5.74, 6) is -0.371. The van der Waals surface area contributed by atoms with Crippen LogP contribution in [0.4, 0.5) is 4.39 Å². The van der Waals surface area contributed by atoms with Gasteiger partial charge in [-0.25, -0.2) is 4.39 Å². The van der Waals surface area contributed by atoms with Gasteiger partial charge in [-0.05, 0) is 49.4 Å². The Morgan fingerprint density at radius 3 is 3.00 bits per heavy atom. The first-order chi connectivity index (χ1) is 8.70. The summed E-state index contributed by atoms with van der Waals surface area (Å²) in [4.78, 5) is 14.9. The number of aryl methyl sites for hydroxylation is 1. The predicted molar refractivity (Wildman–Crippen MR) is 69.3 cm³/mol. The molecular weight excluding hydrogens is 231 g/mol. The molecule has 3 nitrogen and oxygen atoms in total. The van der Waals surface area contributed by atoms with Gasteiger partial charge in [0.25, 0.3) is 5.56 Å². The van der Waals surface area contributed by atoms with Crippen molar-refractivity contribution in [2.75, 3.05) is 7.05 Å². The molecule has 1 unspecified atom stereocenters. The molecule has 0 bridgehead atoms. The van der Waals surface area contributed by atoms with Gasteiger partial charge in [0.2, 0.25) is 0 Å². The van der Waals surface area contributed by atoms with E-state index < -0.39 is 0 Å². The lowest BCUT2D eigenvalue weighted by Gasteiger charge is -2.26. The van der Waals surface area contributed by atoms with Crippen molar-refractivity contribution in [3.8, 4) is 0 Å². The number of rotatable bonds is 1. The lowest BCUT2D eigenvalue weighted by atomic mass is 9.88. The summed E-state index contributed by atoms with van der Waals surface area (Å²) >= 11 is 0. The maximum Gasteiger partial charge on any atom is 0.256 e. The SMILES string of the molecule is CNC1CCCc2[nH]c(=O)c3cc(F)ccc3c21. The lowest BCUT2D eigenvalue weighted by molar-refractivity contribution is 0.493. The Balaban J connectivity index is 2.39. The quantitative estimate of drug-likeness (QED) is 0.810.